The molecule has 0 saturated heterocycles. The molecule has 3 nitrogen and oxygen atoms in total. The number of thiocarbonyl (C=S) groups is 1. The van der Waals surface area contributed by atoms with Gasteiger partial charge in [-0.3, -0.25) is 0 Å². The van der Waals surface area contributed by atoms with Crippen molar-refractivity contribution in [3.63, 3.8) is 0 Å². The Morgan fingerprint density at radius 3 is 2.73 bits per heavy atom. The van der Waals surface area contributed by atoms with Gasteiger partial charge in [-0.15, -0.1) is 0 Å². The van der Waals surface area contributed by atoms with Gasteiger partial charge in [-0.25, -0.2) is 0 Å². The highest BCUT2D eigenvalue weighted by Crippen LogP contribution is 2.14. The van der Waals surface area contributed by atoms with Crippen molar-refractivity contribution in [2.75, 3.05) is 12.4 Å². The van der Waals surface area contributed by atoms with Crippen LogP contribution in [0.15, 0.2) is 12.3 Å². The van der Waals surface area contributed by atoms with Crippen LogP contribution in [0.3, 0.4) is 0 Å². The number of aromatic nitrogens is 1. The van der Waals surface area contributed by atoms with Crippen molar-refractivity contribution in [1.82, 2.24) is 4.57 Å². The zero-order valence-electron chi connectivity index (χ0n) is 6.59. The Morgan fingerprint density at radius 2 is 2.36 bits per heavy atom. The standard InChI is InChI=1S/C7H11N3S/c1-9-7-5(6(8)11)3-4-10(7)2/h3-4,9H,1-2H3,(H2,8,11). The molecule has 0 atom stereocenters. The van der Waals surface area contributed by atoms with E-state index in [1.54, 1.807) is 0 Å². The lowest BCUT2D eigenvalue weighted by Crippen LogP contribution is -2.11. The van der Waals surface area contributed by atoms with Crippen LogP contribution >= 0.6 is 12.2 Å². The van der Waals surface area contributed by atoms with Crippen LogP contribution in [0.4, 0.5) is 5.82 Å². The number of hydrogen-bond donors (Lipinski definition) is 2. The third-order valence-corrected chi connectivity index (χ3v) is 1.79. The van der Waals surface area contributed by atoms with E-state index in [-0.39, 0.29) is 0 Å². The first kappa shape index (κ1) is 8.07. The number of nitrogens with zero attached hydrogens (tertiary/aromatic N) is 1. The van der Waals surface area contributed by atoms with Crippen molar-refractivity contribution >= 4 is 23.0 Å². The summed E-state index contributed by atoms with van der Waals surface area (Å²) >= 11 is 4.85. The molecule has 0 aliphatic heterocycles. The molecule has 1 aromatic rings. The second-order valence-electron chi connectivity index (χ2n) is 2.30. The lowest BCUT2D eigenvalue weighted by Gasteiger charge is -2.04. The van der Waals surface area contributed by atoms with Crippen molar-refractivity contribution < 1.29 is 0 Å². The molecule has 1 aromatic heterocycles. The third-order valence-electron chi connectivity index (χ3n) is 1.57. The molecule has 0 fully saturated rings. The Balaban J connectivity index is 3.15. The first-order valence-corrected chi connectivity index (χ1v) is 3.70. The summed E-state index contributed by atoms with van der Waals surface area (Å²) in [5.74, 6) is 0.956. The van der Waals surface area contributed by atoms with Crippen LogP contribution in [0.25, 0.3) is 0 Å². The molecule has 0 unspecified atom stereocenters. The van der Waals surface area contributed by atoms with Crippen LogP contribution in [0.5, 0.6) is 0 Å². The highest BCUT2D eigenvalue weighted by atomic mass is 32.1. The average molecular weight is 169 g/mol. The van der Waals surface area contributed by atoms with Gasteiger partial charge >= 0.3 is 0 Å². The molecule has 0 spiro atoms. The summed E-state index contributed by atoms with van der Waals surface area (Å²) in [5, 5.41) is 3.02. The number of nitrogens with one attached hydrogen (secondary N) is 1. The maximum Gasteiger partial charge on any atom is 0.115 e. The van der Waals surface area contributed by atoms with E-state index in [9.17, 15) is 0 Å². The first-order chi connectivity index (χ1) is 5.16. The predicted molar refractivity (Wildman–Crippen MR) is 50.8 cm³/mol. The smallest absolute Gasteiger partial charge is 0.115 e. The van der Waals surface area contributed by atoms with Gasteiger partial charge in [0, 0.05) is 20.3 Å². The van der Waals surface area contributed by atoms with Crippen LogP contribution in [0, 0.1) is 0 Å². The van der Waals surface area contributed by atoms with Crippen molar-refractivity contribution in [2.24, 2.45) is 12.8 Å². The molecule has 60 valence electrons. The zero-order valence-corrected chi connectivity index (χ0v) is 7.40. The normalized spacial score (nSPS) is 9.64. The molecule has 3 N–H and O–H groups in total. The fraction of sp³-hybridized carbons (Fsp3) is 0.286. The maximum atomic E-state index is 5.48. The summed E-state index contributed by atoms with van der Waals surface area (Å²) in [7, 11) is 3.78. The van der Waals surface area contributed by atoms with E-state index in [0.29, 0.717) is 4.99 Å². The number of hydrogen-bond acceptors (Lipinski definition) is 2. The molecule has 0 amide bonds. The van der Waals surface area contributed by atoms with E-state index in [0.717, 1.165) is 11.4 Å². The zero-order chi connectivity index (χ0) is 8.43. The van der Waals surface area contributed by atoms with Gasteiger partial charge in [0.1, 0.15) is 10.8 Å². The van der Waals surface area contributed by atoms with Gasteiger partial charge in [0.15, 0.2) is 0 Å². The molecular weight excluding hydrogens is 158 g/mol. The lowest BCUT2D eigenvalue weighted by atomic mass is 10.3. The second kappa shape index (κ2) is 2.92. The number of anilines is 1. The Hall–Kier alpha value is -1.03. The third kappa shape index (κ3) is 1.35. The predicted octanol–water partition coefficient (Wildman–Crippen LogP) is 0.701. The highest BCUT2D eigenvalue weighted by Gasteiger charge is 2.05. The minimum absolute atomic E-state index is 0.426. The monoisotopic (exact) mass is 169 g/mol. The summed E-state index contributed by atoms with van der Waals surface area (Å²) in [6.45, 7) is 0. The molecule has 0 radical (unpaired) electrons. The van der Waals surface area contributed by atoms with Crippen molar-refractivity contribution in [3.05, 3.63) is 17.8 Å². The van der Waals surface area contributed by atoms with Gasteiger partial charge in [0.05, 0.1) is 5.56 Å². The van der Waals surface area contributed by atoms with E-state index in [1.807, 2.05) is 30.9 Å². The van der Waals surface area contributed by atoms with E-state index < -0.39 is 0 Å². The molecule has 4 heteroatoms. The van der Waals surface area contributed by atoms with Crippen LogP contribution in [0.1, 0.15) is 5.56 Å². The van der Waals surface area contributed by atoms with Crippen molar-refractivity contribution in [3.8, 4) is 0 Å². The van der Waals surface area contributed by atoms with Crippen LogP contribution in [-0.4, -0.2) is 16.6 Å². The number of nitrogens with two attached hydrogens (primary N) is 1. The summed E-state index contributed by atoms with van der Waals surface area (Å²) in [4.78, 5) is 0.426. The van der Waals surface area contributed by atoms with Gasteiger partial charge in [0.2, 0.25) is 0 Å². The summed E-state index contributed by atoms with van der Waals surface area (Å²) in [6.07, 6.45) is 1.92. The molecule has 11 heavy (non-hydrogen) atoms. The van der Waals surface area contributed by atoms with Crippen LogP contribution in [-0.2, 0) is 7.05 Å². The van der Waals surface area contributed by atoms with Gasteiger partial charge in [-0.05, 0) is 6.07 Å². The van der Waals surface area contributed by atoms with Gasteiger partial charge < -0.3 is 15.6 Å². The van der Waals surface area contributed by atoms with Gasteiger partial charge in [-0.2, -0.15) is 0 Å². The van der Waals surface area contributed by atoms with Crippen LogP contribution < -0.4 is 11.1 Å². The Morgan fingerprint density at radius 1 is 1.73 bits per heavy atom. The maximum absolute atomic E-state index is 5.48. The molecule has 0 bridgehead atoms. The minimum Gasteiger partial charge on any atom is -0.389 e. The Labute approximate surface area is 71.2 Å². The molecule has 0 aromatic carbocycles. The van der Waals surface area contributed by atoms with Crippen LogP contribution in [0.2, 0.25) is 0 Å². The Kier molecular flexibility index (Phi) is 2.14. The number of rotatable bonds is 2. The van der Waals surface area contributed by atoms with E-state index in [1.165, 1.54) is 0 Å². The fourth-order valence-electron chi connectivity index (χ4n) is 1.04. The first-order valence-electron chi connectivity index (χ1n) is 3.29. The number of aryl methyl sites for hydroxylation is 1. The molecule has 0 aliphatic rings. The highest BCUT2D eigenvalue weighted by molar-refractivity contribution is 7.80. The molecule has 1 heterocycles. The average Bonchev–Trinajstić information content (AvgIpc) is 2.30. The Bertz CT molecular complexity index is 277. The summed E-state index contributed by atoms with van der Waals surface area (Å²) < 4.78 is 1.94. The molecular formula is C7H11N3S. The van der Waals surface area contributed by atoms with E-state index >= 15 is 0 Å². The quantitative estimate of drug-likeness (QED) is 0.640. The largest absolute Gasteiger partial charge is 0.389 e. The van der Waals surface area contributed by atoms with Crippen molar-refractivity contribution in [1.29, 1.82) is 0 Å². The summed E-state index contributed by atoms with van der Waals surface area (Å²) in [6, 6.07) is 1.90. The van der Waals surface area contributed by atoms with Gasteiger partial charge in [0.25, 0.3) is 0 Å². The van der Waals surface area contributed by atoms with E-state index in [2.05, 4.69) is 5.32 Å². The SMILES string of the molecule is CNc1c(C(N)=S)ccn1C. The summed E-state index contributed by atoms with van der Waals surface area (Å²) in [5.41, 5.74) is 6.38. The molecule has 0 aliphatic carbocycles. The topological polar surface area (TPSA) is 43.0 Å². The van der Waals surface area contributed by atoms with Crippen molar-refractivity contribution in [2.45, 2.75) is 0 Å². The fourth-order valence-corrected chi connectivity index (χ4v) is 1.20. The minimum atomic E-state index is 0.426. The van der Waals surface area contributed by atoms with E-state index in [4.69, 9.17) is 18.0 Å². The second-order valence-corrected chi connectivity index (χ2v) is 2.74. The molecule has 1 rings (SSSR count). The van der Waals surface area contributed by atoms with Gasteiger partial charge in [-0.1, -0.05) is 12.2 Å². The molecule has 0 saturated carbocycles. The lowest BCUT2D eigenvalue weighted by molar-refractivity contribution is 0.932.